The maximum atomic E-state index is 13.9. The van der Waals surface area contributed by atoms with Crippen molar-refractivity contribution in [1.82, 2.24) is 4.57 Å². The standard InChI is InChI=1S/C13H9F2IN3O2/c1-19-10(12(17)20)5-9(11(15)13(19)21)18-8-3-2-6(16)4-7(8)14/h2-4,18H,1H3,(H2,17,20). The first-order chi connectivity index (χ1) is 9.81. The second-order valence-electron chi connectivity index (χ2n) is 4.14. The van der Waals surface area contributed by atoms with Gasteiger partial charge in [-0.15, -0.1) is 0 Å². The van der Waals surface area contributed by atoms with Gasteiger partial charge in [0.1, 0.15) is 11.5 Å². The number of primary amides is 1. The first-order valence-corrected chi connectivity index (χ1v) is 6.73. The van der Waals surface area contributed by atoms with Crippen LogP contribution in [-0.2, 0) is 7.05 Å². The average Bonchev–Trinajstić information content (AvgIpc) is 2.41. The minimum atomic E-state index is -1.18. The Hall–Kier alpha value is -1.97. The van der Waals surface area contributed by atoms with E-state index >= 15 is 0 Å². The Morgan fingerprint density at radius 1 is 1.43 bits per heavy atom. The van der Waals surface area contributed by atoms with E-state index in [1.165, 1.54) is 19.2 Å². The molecule has 0 unspecified atom stereocenters. The van der Waals surface area contributed by atoms with Gasteiger partial charge in [0.25, 0.3) is 11.5 Å². The third kappa shape index (κ3) is 3.04. The molecule has 0 aliphatic heterocycles. The van der Waals surface area contributed by atoms with E-state index in [1.807, 2.05) is 22.6 Å². The highest BCUT2D eigenvalue weighted by Gasteiger charge is 2.17. The Morgan fingerprint density at radius 3 is 2.67 bits per heavy atom. The van der Waals surface area contributed by atoms with Gasteiger partial charge in [-0.05, 0) is 40.8 Å². The number of carbonyl (C=O) groups excluding carboxylic acids is 1. The Morgan fingerprint density at radius 2 is 2.10 bits per heavy atom. The maximum absolute atomic E-state index is 13.9. The SMILES string of the molecule is Cn1c(C(N)=O)[c]c(Nc2ccc(I)cc2F)c(F)c1=O. The number of nitrogens with two attached hydrogens (primary N) is 1. The van der Waals surface area contributed by atoms with Gasteiger partial charge in [0, 0.05) is 16.7 Å². The van der Waals surface area contributed by atoms with E-state index in [0.29, 0.717) is 3.57 Å². The number of anilines is 2. The van der Waals surface area contributed by atoms with Crippen LogP contribution in [0, 0.1) is 21.3 Å². The quantitative estimate of drug-likeness (QED) is 0.768. The fraction of sp³-hybridized carbons (Fsp3) is 0.0769. The third-order valence-electron chi connectivity index (χ3n) is 2.71. The summed E-state index contributed by atoms with van der Waals surface area (Å²) in [6, 6.07) is 6.56. The minimum Gasteiger partial charge on any atom is -0.364 e. The fourth-order valence-electron chi connectivity index (χ4n) is 1.65. The molecule has 0 atom stereocenters. The van der Waals surface area contributed by atoms with Crippen molar-refractivity contribution in [2.75, 3.05) is 5.32 Å². The summed E-state index contributed by atoms with van der Waals surface area (Å²) in [6.07, 6.45) is 0. The monoisotopic (exact) mass is 404 g/mol. The van der Waals surface area contributed by atoms with E-state index in [2.05, 4.69) is 11.4 Å². The van der Waals surface area contributed by atoms with E-state index in [4.69, 9.17) is 5.73 Å². The van der Waals surface area contributed by atoms with Crippen LogP contribution in [0.15, 0.2) is 23.0 Å². The number of amides is 1. The summed E-state index contributed by atoms with van der Waals surface area (Å²) >= 11 is 1.92. The molecule has 109 valence electrons. The van der Waals surface area contributed by atoms with Crippen LogP contribution in [0.5, 0.6) is 0 Å². The van der Waals surface area contributed by atoms with Crippen LogP contribution in [0.1, 0.15) is 10.5 Å². The van der Waals surface area contributed by atoms with Gasteiger partial charge in [0.2, 0.25) is 5.82 Å². The van der Waals surface area contributed by atoms with Gasteiger partial charge in [-0.2, -0.15) is 4.39 Å². The zero-order valence-corrected chi connectivity index (χ0v) is 12.9. The van der Waals surface area contributed by atoms with Crippen molar-refractivity contribution in [2.24, 2.45) is 12.8 Å². The van der Waals surface area contributed by atoms with Gasteiger partial charge in [0.05, 0.1) is 11.4 Å². The summed E-state index contributed by atoms with van der Waals surface area (Å²) in [5.74, 6) is -2.75. The molecule has 0 aliphatic rings. The fourth-order valence-corrected chi connectivity index (χ4v) is 2.10. The van der Waals surface area contributed by atoms with Crippen molar-refractivity contribution in [3.63, 3.8) is 0 Å². The van der Waals surface area contributed by atoms with E-state index < -0.39 is 28.8 Å². The lowest BCUT2D eigenvalue weighted by Crippen LogP contribution is -2.29. The topological polar surface area (TPSA) is 77.1 Å². The van der Waals surface area contributed by atoms with E-state index in [9.17, 15) is 18.4 Å². The van der Waals surface area contributed by atoms with Crippen LogP contribution < -0.4 is 16.6 Å². The number of halogens is 3. The number of benzene rings is 1. The number of carbonyl (C=O) groups is 1. The maximum Gasteiger partial charge on any atom is 0.289 e. The molecule has 0 fully saturated rings. The van der Waals surface area contributed by atoms with E-state index in [0.717, 1.165) is 4.57 Å². The zero-order chi connectivity index (χ0) is 15.7. The largest absolute Gasteiger partial charge is 0.364 e. The van der Waals surface area contributed by atoms with E-state index in [-0.39, 0.29) is 11.4 Å². The highest BCUT2D eigenvalue weighted by molar-refractivity contribution is 14.1. The Bertz CT molecular complexity index is 790. The zero-order valence-electron chi connectivity index (χ0n) is 10.7. The van der Waals surface area contributed by atoms with Crippen molar-refractivity contribution in [3.8, 4) is 0 Å². The Balaban J connectivity index is 2.54. The second kappa shape index (κ2) is 5.80. The first kappa shape index (κ1) is 15.4. The Labute approximate surface area is 131 Å². The van der Waals surface area contributed by atoms with Crippen molar-refractivity contribution >= 4 is 39.9 Å². The summed E-state index contributed by atoms with van der Waals surface area (Å²) in [7, 11) is 1.19. The lowest BCUT2D eigenvalue weighted by molar-refractivity contribution is 0.0991. The van der Waals surface area contributed by atoms with Gasteiger partial charge in [-0.3, -0.25) is 9.59 Å². The minimum absolute atomic E-state index is 0.0470. The molecule has 1 heterocycles. The molecule has 3 N–H and O–H groups in total. The number of aromatic nitrogens is 1. The van der Waals surface area contributed by atoms with Crippen molar-refractivity contribution in [2.45, 2.75) is 0 Å². The normalized spacial score (nSPS) is 10.5. The van der Waals surface area contributed by atoms with Gasteiger partial charge >= 0.3 is 0 Å². The number of nitrogens with zero attached hydrogens (tertiary/aromatic N) is 1. The molecule has 0 saturated carbocycles. The molecule has 2 rings (SSSR count). The Kier molecular flexibility index (Phi) is 4.26. The summed E-state index contributed by atoms with van der Waals surface area (Å²) in [4.78, 5) is 22.9. The summed E-state index contributed by atoms with van der Waals surface area (Å²) in [6.45, 7) is 0. The molecule has 8 heteroatoms. The van der Waals surface area contributed by atoms with Gasteiger partial charge in [-0.1, -0.05) is 0 Å². The number of hydrogen-bond acceptors (Lipinski definition) is 3. The highest BCUT2D eigenvalue weighted by atomic mass is 127. The molecule has 5 nitrogen and oxygen atoms in total. The summed E-state index contributed by atoms with van der Waals surface area (Å²) in [5, 5.41) is 2.40. The van der Waals surface area contributed by atoms with Gasteiger partial charge < -0.3 is 15.6 Å². The molecule has 1 aromatic carbocycles. The third-order valence-corrected chi connectivity index (χ3v) is 3.39. The lowest BCUT2D eigenvalue weighted by atomic mass is 10.2. The van der Waals surface area contributed by atoms with Crippen LogP contribution in [0.2, 0.25) is 0 Å². The molecular weight excluding hydrogens is 395 g/mol. The predicted molar refractivity (Wildman–Crippen MR) is 81.4 cm³/mol. The molecule has 2 aromatic rings. The molecule has 21 heavy (non-hydrogen) atoms. The van der Waals surface area contributed by atoms with Crippen molar-refractivity contribution < 1.29 is 13.6 Å². The number of hydrogen-bond donors (Lipinski definition) is 2. The molecule has 0 aliphatic carbocycles. The smallest absolute Gasteiger partial charge is 0.289 e. The average molecular weight is 404 g/mol. The van der Waals surface area contributed by atoms with Crippen LogP contribution >= 0.6 is 22.6 Å². The van der Waals surface area contributed by atoms with Crippen LogP contribution in [0.25, 0.3) is 0 Å². The number of rotatable bonds is 3. The molecule has 1 amide bonds. The molecular formula is C13H9F2IN3O2. The van der Waals surface area contributed by atoms with Crippen LogP contribution in [0.4, 0.5) is 20.2 Å². The van der Waals surface area contributed by atoms with Gasteiger partial charge in [0.15, 0.2) is 0 Å². The second-order valence-corrected chi connectivity index (χ2v) is 5.39. The molecule has 0 spiro atoms. The lowest BCUT2D eigenvalue weighted by Gasteiger charge is -2.11. The number of nitrogens with one attached hydrogen (secondary N) is 1. The molecule has 1 aromatic heterocycles. The predicted octanol–water partition coefficient (Wildman–Crippen LogP) is 1.91. The van der Waals surface area contributed by atoms with Crippen LogP contribution in [0.3, 0.4) is 0 Å². The molecule has 1 radical (unpaired) electrons. The van der Waals surface area contributed by atoms with E-state index in [1.54, 1.807) is 6.07 Å². The van der Waals surface area contributed by atoms with Crippen LogP contribution in [-0.4, -0.2) is 10.5 Å². The summed E-state index contributed by atoms with van der Waals surface area (Å²) in [5.41, 5.74) is 3.24. The van der Waals surface area contributed by atoms with Gasteiger partial charge in [-0.25, -0.2) is 4.39 Å². The molecule has 0 bridgehead atoms. The molecule has 0 saturated heterocycles. The van der Waals surface area contributed by atoms with Crippen molar-refractivity contribution in [1.29, 1.82) is 0 Å². The summed E-state index contributed by atoms with van der Waals surface area (Å²) < 4.78 is 29.0. The highest BCUT2D eigenvalue weighted by Crippen LogP contribution is 2.22. The van der Waals surface area contributed by atoms with Crippen molar-refractivity contribution in [3.05, 3.63) is 55.5 Å². The number of pyridine rings is 1. The first-order valence-electron chi connectivity index (χ1n) is 5.65.